The Kier molecular flexibility index (Phi) is 2.66. The zero-order valence-corrected chi connectivity index (χ0v) is 10.4. The van der Waals surface area contributed by atoms with Gasteiger partial charge in [0.2, 0.25) is 5.95 Å². The van der Waals surface area contributed by atoms with Crippen LogP contribution in [-0.2, 0) is 17.1 Å². The molecule has 0 amide bonds. The topological polar surface area (TPSA) is 90.0 Å². The van der Waals surface area contributed by atoms with Gasteiger partial charge in [0.25, 0.3) is 10.0 Å². The van der Waals surface area contributed by atoms with Crippen LogP contribution < -0.4 is 4.72 Å². The minimum Gasteiger partial charge on any atom is -0.465 e. The minimum absolute atomic E-state index is 0.109. The summed E-state index contributed by atoms with van der Waals surface area (Å²) < 4.78 is 32.9. The Bertz CT molecular complexity index is 641. The molecule has 2 aromatic heterocycles. The van der Waals surface area contributed by atoms with Crippen LogP contribution in [0.3, 0.4) is 0 Å². The molecule has 1 N–H and O–H groups in total. The molecule has 0 radical (unpaired) electrons. The highest BCUT2D eigenvalue weighted by atomic mass is 32.2. The first-order chi connectivity index (χ1) is 7.90. The lowest BCUT2D eigenvalue weighted by Gasteiger charge is -2.04. The summed E-state index contributed by atoms with van der Waals surface area (Å²) in [6.45, 7) is 3.28. The van der Waals surface area contributed by atoms with E-state index in [1.807, 2.05) is 0 Å². The second kappa shape index (κ2) is 3.88. The SMILES string of the molecule is Cc1cc(S(=O)(=O)Nc2ncnn2C)c(C)o1. The summed E-state index contributed by atoms with van der Waals surface area (Å²) in [6.07, 6.45) is 1.27. The number of nitrogens with zero attached hydrogens (tertiary/aromatic N) is 3. The molecule has 0 saturated heterocycles. The summed E-state index contributed by atoms with van der Waals surface area (Å²) in [5.41, 5.74) is 0. The molecule has 92 valence electrons. The van der Waals surface area contributed by atoms with Gasteiger partial charge in [-0.15, -0.1) is 0 Å². The molecule has 0 spiro atoms. The molecule has 0 aliphatic carbocycles. The molecule has 0 saturated carbocycles. The number of sulfonamides is 1. The summed E-state index contributed by atoms with van der Waals surface area (Å²) in [4.78, 5) is 3.90. The number of hydrogen-bond acceptors (Lipinski definition) is 5. The zero-order chi connectivity index (χ0) is 12.6. The molecule has 0 aliphatic heterocycles. The molecule has 8 heteroatoms. The van der Waals surface area contributed by atoms with E-state index in [1.165, 1.54) is 17.1 Å². The molecule has 0 aromatic carbocycles. The van der Waals surface area contributed by atoms with Crippen molar-refractivity contribution in [2.45, 2.75) is 18.7 Å². The van der Waals surface area contributed by atoms with Gasteiger partial charge < -0.3 is 4.42 Å². The van der Waals surface area contributed by atoms with Crippen molar-refractivity contribution in [3.05, 3.63) is 23.9 Å². The third-order valence-corrected chi connectivity index (χ3v) is 3.66. The highest BCUT2D eigenvalue weighted by molar-refractivity contribution is 7.92. The number of furan rings is 1. The number of rotatable bonds is 3. The molecular formula is C9H12N4O3S. The summed E-state index contributed by atoms with van der Waals surface area (Å²) in [5.74, 6) is 1.04. The Labute approximate surface area is 98.5 Å². The average Bonchev–Trinajstić information content (AvgIpc) is 2.74. The first-order valence-corrected chi connectivity index (χ1v) is 6.32. The highest BCUT2D eigenvalue weighted by Crippen LogP contribution is 2.21. The van der Waals surface area contributed by atoms with Crippen LogP contribution in [0.25, 0.3) is 0 Å². The molecule has 2 heterocycles. The predicted molar refractivity (Wildman–Crippen MR) is 60.0 cm³/mol. The first kappa shape index (κ1) is 11.6. The Hall–Kier alpha value is -1.83. The molecule has 7 nitrogen and oxygen atoms in total. The van der Waals surface area contributed by atoms with Crippen LogP contribution in [0.4, 0.5) is 5.95 Å². The van der Waals surface area contributed by atoms with E-state index in [1.54, 1.807) is 20.9 Å². The van der Waals surface area contributed by atoms with E-state index >= 15 is 0 Å². The number of aryl methyl sites for hydroxylation is 3. The Morgan fingerprint density at radius 3 is 2.59 bits per heavy atom. The van der Waals surface area contributed by atoms with Gasteiger partial charge >= 0.3 is 0 Å². The van der Waals surface area contributed by atoms with Gasteiger partial charge in [-0.2, -0.15) is 10.1 Å². The fourth-order valence-corrected chi connectivity index (χ4v) is 2.71. The van der Waals surface area contributed by atoms with Gasteiger partial charge in [0.15, 0.2) is 0 Å². The van der Waals surface area contributed by atoms with Crippen molar-refractivity contribution in [1.82, 2.24) is 14.8 Å². The van der Waals surface area contributed by atoms with E-state index in [9.17, 15) is 8.42 Å². The van der Waals surface area contributed by atoms with Gasteiger partial charge in [-0.1, -0.05) is 0 Å². The van der Waals surface area contributed by atoms with Crippen molar-refractivity contribution in [2.75, 3.05) is 4.72 Å². The van der Waals surface area contributed by atoms with Crippen molar-refractivity contribution < 1.29 is 12.8 Å². The van der Waals surface area contributed by atoms with E-state index in [0.717, 1.165) is 0 Å². The van der Waals surface area contributed by atoms with E-state index in [2.05, 4.69) is 14.8 Å². The Morgan fingerprint density at radius 1 is 1.41 bits per heavy atom. The van der Waals surface area contributed by atoms with Gasteiger partial charge in [-0.3, -0.25) is 0 Å². The lowest BCUT2D eigenvalue weighted by molar-refractivity contribution is 0.496. The summed E-state index contributed by atoms with van der Waals surface area (Å²) in [7, 11) is -2.09. The van der Waals surface area contributed by atoms with Gasteiger partial charge in [0.05, 0.1) is 0 Å². The third kappa shape index (κ3) is 2.16. The Balaban J connectivity index is 2.38. The monoisotopic (exact) mass is 256 g/mol. The van der Waals surface area contributed by atoms with Crippen molar-refractivity contribution in [3.63, 3.8) is 0 Å². The summed E-state index contributed by atoms with van der Waals surface area (Å²) in [6, 6.07) is 1.47. The van der Waals surface area contributed by atoms with Crippen LogP contribution in [-0.4, -0.2) is 23.2 Å². The van der Waals surface area contributed by atoms with Crippen LogP contribution in [0, 0.1) is 13.8 Å². The molecule has 0 atom stereocenters. The summed E-state index contributed by atoms with van der Waals surface area (Å²) in [5, 5.41) is 3.78. The van der Waals surface area contributed by atoms with Crippen LogP contribution in [0.5, 0.6) is 0 Å². The molecule has 2 aromatic rings. The molecule has 17 heavy (non-hydrogen) atoms. The van der Waals surface area contributed by atoms with Crippen LogP contribution in [0.2, 0.25) is 0 Å². The Morgan fingerprint density at radius 2 is 2.12 bits per heavy atom. The van der Waals surface area contributed by atoms with Crippen molar-refractivity contribution in [1.29, 1.82) is 0 Å². The standard InChI is InChI=1S/C9H12N4O3S/c1-6-4-8(7(2)16-6)17(14,15)12-9-10-5-11-13(9)3/h4-5H,1-3H3,(H,10,11,12). The van der Waals surface area contributed by atoms with Crippen molar-refractivity contribution >= 4 is 16.0 Å². The average molecular weight is 256 g/mol. The lowest BCUT2D eigenvalue weighted by atomic mass is 10.4. The smallest absolute Gasteiger partial charge is 0.267 e. The lowest BCUT2D eigenvalue weighted by Crippen LogP contribution is -2.16. The molecule has 0 unspecified atom stereocenters. The van der Waals surface area contributed by atoms with E-state index in [-0.39, 0.29) is 10.8 Å². The van der Waals surface area contributed by atoms with Crippen molar-refractivity contribution in [3.8, 4) is 0 Å². The second-order valence-electron chi connectivity index (χ2n) is 3.59. The van der Waals surface area contributed by atoms with Crippen LogP contribution in [0.15, 0.2) is 21.7 Å². The molecule has 2 rings (SSSR count). The van der Waals surface area contributed by atoms with Crippen molar-refractivity contribution in [2.24, 2.45) is 7.05 Å². The largest absolute Gasteiger partial charge is 0.465 e. The maximum atomic E-state index is 12.0. The fraction of sp³-hybridized carbons (Fsp3) is 0.333. The quantitative estimate of drug-likeness (QED) is 0.878. The third-order valence-electron chi connectivity index (χ3n) is 2.22. The van der Waals surface area contributed by atoms with Crippen LogP contribution >= 0.6 is 0 Å². The molecule has 0 bridgehead atoms. The summed E-state index contributed by atoms with van der Waals surface area (Å²) >= 11 is 0. The highest BCUT2D eigenvalue weighted by Gasteiger charge is 2.22. The number of hydrogen-bond donors (Lipinski definition) is 1. The van der Waals surface area contributed by atoms with E-state index in [0.29, 0.717) is 11.5 Å². The zero-order valence-electron chi connectivity index (χ0n) is 9.63. The molecule has 0 aliphatic rings. The minimum atomic E-state index is -3.68. The van der Waals surface area contributed by atoms with E-state index < -0.39 is 10.0 Å². The fourth-order valence-electron chi connectivity index (χ4n) is 1.44. The van der Waals surface area contributed by atoms with Crippen LogP contribution in [0.1, 0.15) is 11.5 Å². The van der Waals surface area contributed by atoms with Gasteiger partial charge in [-0.25, -0.2) is 17.8 Å². The van der Waals surface area contributed by atoms with Gasteiger partial charge in [-0.05, 0) is 13.8 Å². The molecule has 0 fully saturated rings. The number of anilines is 1. The number of nitrogens with one attached hydrogen (secondary N) is 1. The van der Waals surface area contributed by atoms with Gasteiger partial charge in [0.1, 0.15) is 22.7 Å². The normalized spacial score (nSPS) is 11.7. The predicted octanol–water partition coefficient (Wildman–Crippen LogP) is 0.826. The maximum absolute atomic E-state index is 12.0. The first-order valence-electron chi connectivity index (χ1n) is 4.84. The van der Waals surface area contributed by atoms with Gasteiger partial charge in [0, 0.05) is 13.1 Å². The maximum Gasteiger partial charge on any atom is 0.267 e. The molecular weight excluding hydrogens is 244 g/mol. The number of aromatic nitrogens is 3. The van der Waals surface area contributed by atoms with E-state index in [4.69, 9.17) is 4.42 Å². The second-order valence-corrected chi connectivity index (χ2v) is 5.24.